The van der Waals surface area contributed by atoms with Crippen LogP contribution in [0.15, 0.2) is 51.7 Å². The van der Waals surface area contributed by atoms with Crippen molar-refractivity contribution < 1.29 is 36.7 Å². The van der Waals surface area contributed by atoms with E-state index < -0.39 is 18.0 Å². The van der Waals surface area contributed by atoms with Crippen LogP contribution >= 0.6 is 11.6 Å². The number of aliphatic carboxylic acids is 1. The zero-order chi connectivity index (χ0) is 31.1. The molecule has 5 rings (SSSR count). The molecule has 2 aromatic carbocycles. The summed E-state index contributed by atoms with van der Waals surface area (Å²) in [7, 11) is 0. The Kier molecular flexibility index (Phi) is 10.1. The highest BCUT2D eigenvalue weighted by molar-refractivity contribution is 6.31. The van der Waals surface area contributed by atoms with Gasteiger partial charge < -0.3 is 19.8 Å². The SMILES string of the molecule is O=C(CCCc1nc2ccccc2c(=O)[nH]1)N[C@H]1CC[C@H](c2nnc(-c3ccc(F)c(Cl)c3)o2)CC1.O=C(O)C(F)(F)F. The van der Waals surface area contributed by atoms with Crippen LogP contribution < -0.4 is 10.9 Å². The third kappa shape index (κ3) is 8.60. The highest BCUT2D eigenvalue weighted by Gasteiger charge is 2.38. The van der Waals surface area contributed by atoms with E-state index in [0.29, 0.717) is 53.3 Å². The van der Waals surface area contributed by atoms with E-state index in [1.807, 2.05) is 12.1 Å². The molecule has 1 aliphatic carbocycles. The summed E-state index contributed by atoms with van der Waals surface area (Å²) in [4.78, 5) is 40.8. The predicted molar refractivity (Wildman–Crippen MR) is 147 cm³/mol. The van der Waals surface area contributed by atoms with Crippen molar-refractivity contribution in [1.82, 2.24) is 25.5 Å². The molecule has 0 bridgehead atoms. The van der Waals surface area contributed by atoms with Crippen molar-refractivity contribution in [3.8, 4) is 11.5 Å². The molecule has 1 amide bonds. The Hall–Kier alpha value is -4.33. The van der Waals surface area contributed by atoms with Gasteiger partial charge in [0.15, 0.2) is 0 Å². The Morgan fingerprint density at radius 1 is 1.09 bits per heavy atom. The number of nitrogens with zero attached hydrogens (tertiary/aromatic N) is 3. The van der Waals surface area contributed by atoms with Crippen molar-refractivity contribution in [2.24, 2.45) is 0 Å². The van der Waals surface area contributed by atoms with Gasteiger partial charge in [-0.15, -0.1) is 10.2 Å². The van der Waals surface area contributed by atoms with Crippen LogP contribution in [0.1, 0.15) is 56.2 Å². The van der Waals surface area contributed by atoms with E-state index in [4.69, 9.17) is 25.9 Å². The normalized spacial score (nSPS) is 16.8. The van der Waals surface area contributed by atoms with Crippen LogP contribution in [-0.2, 0) is 16.0 Å². The maximum Gasteiger partial charge on any atom is 0.490 e. The number of aromatic nitrogens is 4. The zero-order valence-corrected chi connectivity index (χ0v) is 23.2. The van der Waals surface area contributed by atoms with Crippen LogP contribution in [0, 0.1) is 5.82 Å². The maximum atomic E-state index is 13.4. The molecule has 4 aromatic rings. The van der Waals surface area contributed by atoms with E-state index in [-0.39, 0.29) is 28.4 Å². The Balaban J connectivity index is 0.000000541. The molecule has 0 atom stereocenters. The summed E-state index contributed by atoms with van der Waals surface area (Å²) < 4.78 is 51.0. The molecule has 43 heavy (non-hydrogen) atoms. The summed E-state index contributed by atoms with van der Waals surface area (Å²) in [6.45, 7) is 0. The summed E-state index contributed by atoms with van der Waals surface area (Å²) >= 11 is 5.85. The van der Waals surface area contributed by atoms with Crippen molar-refractivity contribution >= 4 is 34.4 Å². The second-order valence-corrected chi connectivity index (χ2v) is 10.3. The lowest BCUT2D eigenvalue weighted by Gasteiger charge is -2.27. The van der Waals surface area contributed by atoms with E-state index in [9.17, 15) is 27.2 Å². The quantitative estimate of drug-likeness (QED) is 0.226. The number of carbonyl (C=O) groups excluding carboxylic acids is 1. The standard InChI is InChI=1S/C26H25ClFN5O3.C2HF3O2/c27-19-14-16(10-13-20(19)28)26-33-32-25(36-26)15-8-11-17(12-9-15)29-23(34)7-3-6-22-30-21-5-2-1-4-18(21)24(35)31-22;3-2(4,5)1(6)7/h1-2,4-5,10,13-15,17H,3,6-9,11-12H2,(H,29,34)(H,30,31,35);(H,6,7)/t15-,17-;. The van der Waals surface area contributed by atoms with Gasteiger partial charge >= 0.3 is 12.1 Å². The topological polar surface area (TPSA) is 151 Å². The molecule has 1 fully saturated rings. The molecule has 1 aliphatic rings. The highest BCUT2D eigenvalue weighted by atomic mass is 35.5. The number of aryl methyl sites for hydroxylation is 1. The fourth-order valence-corrected chi connectivity index (χ4v) is 4.78. The van der Waals surface area contributed by atoms with Crippen molar-refractivity contribution in [2.75, 3.05) is 0 Å². The van der Waals surface area contributed by atoms with Crippen molar-refractivity contribution in [2.45, 2.75) is 63.1 Å². The first kappa shape index (κ1) is 31.6. The van der Waals surface area contributed by atoms with Crippen LogP contribution in [0.3, 0.4) is 0 Å². The largest absolute Gasteiger partial charge is 0.490 e. The maximum absolute atomic E-state index is 13.4. The van der Waals surface area contributed by atoms with E-state index in [0.717, 1.165) is 25.7 Å². The van der Waals surface area contributed by atoms with E-state index in [1.165, 1.54) is 12.1 Å². The Labute approximate surface area is 246 Å². The number of aromatic amines is 1. The monoisotopic (exact) mass is 623 g/mol. The highest BCUT2D eigenvalue weighted by Crippen LogP contribution is 2.34. The predicted octanol–water partition coefficient (Wildman–Crippen LogP) is 5.56. The van der Waals surface area contributed by atoms with Gasteiger partial charge in [0.1, 0.15) is 11.6 Å². The molecular formula is C28H26ClF4N5O5. The van der Waals surface area contributed by atoms with E-state index in [1.54, 1.807) is 18.2 Å². The van der Waals surface area contributed by atoms with Crippen LogP contribution in [0.2, 0.25) is 5.02 Å². The Morgan fingerprint density at radius 3 is 2.47 bits per heavy atom. The molecular weight excluding hydrogens is 598 g/mol. The molecule has 3 N–H and O–H groups in total. The molecule has 228 valence electrons. The summed E-state index contributed by atoms with van der Waals surface area (Å²) in [5.74, 6) is -1.69. The Bertz CT molecular complexity index is 1650. The van der Waals surface area contributed by atoms with Gasteiger partial charge in [-0.25, -0.2) is 14.2 Å². The average molecular weight is 624 g/mol. The fourth-order valence-electron chi connectivity index (χ4n) is 4.60. The number of amides is 1. The second kappa shape index (κ2) is 13.8. The van der Waals surface area contributed by atoms with Gasteiger partial charge in [0.2, 0.25) is 17.7 Å². The first-order valence-corrected chi connectivity index (χ1v) is 13.6. The number of rotatable bonds is 7. The lowest BCUT2D eigenvalue weighted by molar-refractivity contribution is -0.192. The van der Waals surface area contributed by atoms with Gasteiger partial charge in [0.05, 0.1) is 15.9 Å². The van der Waals surface area contributed by atoms with Crippen LogP contribution in [0.25, 0.3) is 22.4 Å². The molecule has 2 aromatic heterocycles. The van der Waals surface area contributed by atoms with Gasteiger partial charge in [-0.2, -0.15) is 13.2 Å². The molecule has 15 heteroatoms. The number of para-hydroxylation sites is 1. The molecule has 0 aliphatic heterocycles. The molecule has 10 nitrogen and oxygen atoms in total. The lowest BCUT2D eigenvalue weighted by Crippen LogP contribution is -2.37. The van der Waals surface area contributed by atoms with Crippen molar-refractivity contribution in [3.05, 3.63) is 75.4 Å². The molecule has 0 unspecified atom stereocenters. The van der Waals surface area contributed by atoms with Gasteiger partial charge in [-0.05, 0) is 62.4 Å². The number of hydrogen-bond donors (Lipinski definition) is 3. The fraction of sp³-hybridized carbons (Fsp3) is 0.357. The Morgan fingerprint density at radius 2 is 1.79 bits per heavy atom. The number of carboxylic acids is 1. The van der Waals surface area contributed by atoms with Crippen molar-refractivity contribution in [3.63, 3.8) is 0 Å². The number of hydrogen-bond acceptors (Lipinski definition) is 7. The second-order valence-electron chi connectivity index (χ2n) is 9.88. The number of halogens is 5. The van der Waals surface area contributed by atoms with E-state index in [2.05, 4.69) is 25.5 Å². The molecule has 0 spiro atoms. The minimum Gasteiger partial charge on any atom is -0.475 e. The van der Waals surface area contributed by atoms with Crippen LogP contribution in [0.4, 0.5) is 17.6 Å². The van der Waals surface area contributed by atoms with Crippen molar-refractivity contribution in [1.29, 1.82) is 0 Å². The number of nitrogens with one attached hydrogen (secondary N) is 2. The average Bonchev–Trinajstić information content (AvgIpc) is 3.45. The summed E-state index contributed by atoms with van der Waals surface area (Å²) in [5.41, 5.74) is 1.07. The summed E-state index contributed by atoms with van der Waals surface area (Å²) in [5, 5.41) is 19.1. The smallest absolute Gasteiger partial charge is 0.475 e. The van der Waals surface area contributed by atoms with Crippen LogP contribution in [0.5, 0.6) is 0 Å². The number of carboxylic acid groups (broad SMARTS) is 1. The summed E-state index contributed by atoms with van der Waals surface area (Å²) in [6.07, 6.45) is -0.326. The minimum absolute atomic E-state index is 0.00477. The number of fused-ring (bicyclic) bond motifs is 1. The number of carbonyl (C=O) groups is 2. The van der Waals surface area contributed by atoms with Crippen LogP contribution in [-0.4, -0.2) is 49.4 Å². The third-order valence-electron chi connectivity index (χ3n) is 6.77. The lowest BCUT2D eigenvalue weighted by atomic mass is 9.86. The van der Waals surface area contributed by atoms with Gasteiger partial charge in [0.25, 0.3) is 5.56 Å². The minimum atomic E-state index is -5.08. The third-order valence-corrected chi connectivity index (χ3v) is 7.06. The summed E-state index contributed by atoms with van der Waals surface area (Å²) in [6, 6.07) is 11.6. The molecule has 0 saturated heterocycles. The van der Waals surface area contributed by atoms with Gasteiger partial charge in [0, 0.05) is 30.4 Å². The van der Waals surface area contributed by atoms with Gasteiger partial charge in [-0.1, -0.05) is 23.7 Å². The number of benzene rings is 2. The van der Waals surface area contributed by atoms with E-state index >= 15 is 0 Å². The molecule has 2 heterocycles. The first-order valence-electron chi connectivity index (χ1n) is 13.3. The number of H-pyrrole nitrogens is 1. The first-order chi connectivity index (χ1) is 20.4. The molecule has 1 saturated carbocycles. The molecule has 0 radical (unpaired) electrons. The zero-order valence-electron chi connectivity index (χ0n) is 22.5. The van der Waals surface area contributed by atoms with Gasteiger partial charge in [-0.3, -0.25) is 9.59 Å². The number of alkyl halides is 3.